The largest absolute Gasteiger partial charge is 0.324 e. The lowest BCUT2D eigenvalue weighted by Crippen LogP contribution is -2.44. The molecule has 0 radical (unpaired) electrons. The fourth-order valence-corrected chi connectivity index (χ4v) is 3.20. The fraction of sp³-hybridized carbons (Fsp3) is 0.222. The maximum atomic E-state index is 12.7. The van der Waals surface area contributed by atoms with E-state index in [1.165, 1.54) is 6.92 Å². The van der Waals surface area contributed by atoms with Crippen molar-refractivity contribution in [1.82, 2.24) is 0 Å². The van der Waals surface area contributed by atoms with Gasteiger partial charge >= 0.3 is 0 Å². The Hall–Kier alpha value is -2.33. The molecule has 2 aromatic rings. The van der Waals surface area contributed by atoms with Crippen LogP contribution in [0.2, 0.25) is 5.02 Å². The first kappa shape index (κ1) is 15.6. The van der Waals surface area contributed by atoms with Crippen LogP contribution >= 0.6 is 11.6 Å². The number of nitrogens with one attached hydrogen (secondary N) is 1. The minimum Gasteiger partial charge on any atom is -0.324 e. The molecule has 118 valence electrons. The van der Waals surface area contributed by atoms with Gasteiger partial charge in [0.05, 0.1) is 0 Å². The smallest absolute Gasteiger partial charge is 0.247 e. The molecule has 1 aliphatic rings. The Morgan fingerprint density at radius 3 is 2.65 bits per heavy atom. The molecular weight excluding hydrogens is 312 g/mol. The summed E-state index contributed by atoms with van der Waals surface area (Å²) in [5.41, 5.74) is 3.42. The van der Waals surface area contributed by atoms with Gasteiger partial charge in [-0.15, -0.1) is 0 Å². The number of halogens is 1. The highest BCUT2D eigenvalue weighted by molar-refractivity contribution is 6.30. The van der Waals surface area contributed by atoms with Gasteiger partial charge in [-0.05, 0) is 42.3 Å². The molecule has 0 spiro atoms. The predicted octanol–water partition coefficient (Wildman–Crippen LogP) is 3.56. The van der Waals surface area contributed by atoms with Crippen molar-refractivity contribution in [3.8, 4) is 0 Å². The Morgan fingerprint density at radius 1 is 1.22 bits per heavy atom. The maximum Gasteiger partial charge on any atom is 0.247 e. The lowest BCUT2D eigenvalue weighted by Gasteiger charge is -2.23. The number of amides is 2. The predicted molar refractivity (Wildman–Crippen MR) is 91.9 cm³/mol. The van der Waals surface area contributed by atoms with Crippen LogP contribution in [0.15, 0.2) is 42.5 Å². The van der Waals surface area contributed by atoms with E-state index >= 15 is 0 Å². The molecule has 0 bridgehead atoms. The summed E-state index contributed by atoms with van der Waals surface area (Å²) >= 11 is 5.94. The van der Waals surface area contributed by atoms with Crippen LogP contribution in [0.25, 0.3) is 0 Å². The summed E-state index contributed by atoms with van der Waals surface area (Å²) in [7, 11) is 0. The minimum atomic E-state index is -0.528. The molecule has 1 aliphatic heterocycles. The van der Waals surface area contributed by atoms with Crippen molar-refractivity contribution in [2.24, 2.45) is 0 Å². The Bertz CT molecular complexity index is 788. The number of fused-ring (bicyclic) bond motifs is 1. The molecule has 0 aromatic heterocycles. The second-order valence-corrected chi connectivity index (χ2v) is 6.12. The molecular formula is C18H17ClN2O2. The van der Waals surface area contributed by atoms with Gasteiger partial charge in [-0.2, -0.15) is 0 Å². The molecule has 3 rings (SSSR count). The Morgan fingerprint density at radius 2 is 1.96 bits per heavy atom. The van der Waals surface area contributed by atoms with Gasteiger partial charge in [-0.3, -0.25) is 14.5 Å². The number of benzene rings is 2. The lowest BCUT2D eigenvalue weighted by molar-refractivity contribution is -0.122. The summed E-state index contributed by atoms with van der Waals surface area (Å²) in [5.74, 6) is -0.329. The Kier molecular flexibility index (Phi) is 4.09. The number of aryl methyl sites for hydroxylation is 1. The number of para-hydroxylation sites is 1. The van der Waals surface area contributed by atoms with E-state index in [-0.39, 0.29) is 11.8 Å². The molecule has 0 saturated heterocycles. The summed E-state index contributed by atoms with van der Waals surface area (Å²) in [4.78, 5) is 26.3. The number of nitrogens with zero attached hydrogens (tertiary/aromatic N) is 1. The summed E-state index contributed by atoms with van der Waals surface area (Å²) < 4.78 is 0. The molecule has 0 saturated carbocycles. The minimum absolute atomic E-state index is 0.136. The second-order valence-electron chi connectivity index (χ2n) is 5.69. The zero-order valence-electron chi connectivity index (χ0n) is 13.0. The number of carbonyl (C=O) groups excluding carboxylic acids is 2. The molecule has 0 fully saturated rings. The monoisotopic (exact) mass is 328 g/mol. The SMILES string of the molecule is CC(=O)N1c2ccccc2C[C@H]1C(=O)Nc1ccc(Cl)cc1C. The van der Waals surface area contributed by atoms with Crippen molar-refractivity contribution >= 4 is 34.8 Å². The topological polar surface area (TPSA) is 49.4 Å². The molecule has 2 amide bonds. The van der Waals surface area contributed by atoms with Gasteiger partial charge in [0.2, 0.25) is 11.8 Å². The highest BCUT2D eigenvalue weighted by Gasteiger charge is 2.36. The van der Waals surface area contributed by atoms with Gasteiger partial charge in [0.1, 0.15) is 6.04 Å². The number of carbonyl (C=O) groups is 2. The number of hydrogen-bond donors (Lipinski definition) is 1. The molecule has 2 aromatic carbocycles. The van der Waals surface area contributed by atoms with Crippen LogP contribution in [0.3, 0.4) is 0 Å². The standard InChI is InChI=1S/C18H17ClN2O2/c1-11-9-14(19)7-8-15(11)20-18(23)17-10-13-5-3-4-6-16(13)21(17)12(2)22/h3-9,17H,10H2,1-2H3,(H,20,23)/t17-/m0/s1. The zero-order valence-corrected chi connectivity index (χ0v) is 13.7. The van der Waals surface area contributed by atoms with E-state index in [1.54, 1.807) is 23.1 Å². The maximum absolute atomic E-state index is 12.7. The highest BCUT2D eigenvalue weighted by atomic mass is 35.5. The Labute approximate surface area is 140 Å². The first-order valence-electron chi connectivity index (χ1n) is 7.42. The third-order valence-corrected chi connectivity index (χ3v) is 4.30. The number of rotatable bonds is 2. The van der Waals surface area contributed by atoms with Gasteiger partial charge in [-0.1, -0.05) is 29.8 Å². The van der Waals surface area contributed by atoms with Crippen molar-refractivity contribution < 1.29 is 9.59 Å². The third-order valence-electron chi connectivity index (χ3n) is 4.06. The van der Waals surface area contributed by atoms with Gasteiger partial charge in [0.25, 0.3) is 0 Å². The van der Waals surface area contributed by atoms with Crippen LogP contribution in [0, 0.1) is 6.92 Å². The lowest BCUT2D eigenvalue weighted by atomic mass is 10.1. The fourth-order valence-electron chi connectivity index (χ4n) is 2.97. The molecule has 4 nitrogen and oxygen atoms in total. The molecule has 1 N–H and O–H groups in total. The van der Waals surface area contributed by atoms with Crippen LogP contribution < -0.4 is 10.2 Å². The van der Waals surface area contributed by atoms with E-state index in [0.29, 0.717) is 17.1 Å². The Balaban J connectivity index is 1.86. The van der Waals surface area contributed by atoms with Crippen molar-refractivity contribution in [2.45, 2.75) is 26.3 Å². The molecule has 0 unspecified atom stereocenters. The first-order valence-corrected chi connectivity index (χ1v) is 7.80. The van der Waals surface area contributed by atoms with E-state index in [1.807, 2.05) is 31.2 Å². The average Bonchev–Trinajstić information content (AvgIpc) is 2.89. The van der Waals surface area contributed by atoms with Gasteiger partial charge in [0, 0.05) is 29.7 Å². The average molecular weight is 329 g/mol. The summed E-state index contributed by atoms with van der Waals surface area (Å²) in [5, 5.41) is 3.53. The second kappa shape index (κ2) is 6.05. The van der Waals surface area contributed by atoms with E-state index in [0.717, 1.165) is 16.8 Å². The van der Waals surface area contributed by atoms with Crippen LogP contribution in [-0.4, -0.2) is 17.9 Å². The van der Waals surface area contributed by atoms with Gasteiger partial charge < -0.3 is 5.32 Å². The van der Waals surface area contributed by atoms with Gasteiger partial charge in [-0.25, -0.2) is 0 Å². The van der Waals surface area contributed by atoms with E-state index in [9.17, 15) is 9.59 Å². The van der Waals surface area contributed by atoms with Crippen molar-refractivity contribution in [2.75, 3.05) is 10.2 Å². The number of hydrogen-bond acceptors (Lipinski definition) is 2. The zero-order chi connectivity index (χ0) is 16.6. The molecule has 1 atom stereocenters. The summed E-state index contributed by atoms with van der Waals surface area (Å²) in [6.07, 6.45) is 0.522. The van der Waals surface area contributed by atoms with E-state index in [4.69, 9.17) is 11.6 Å². The van der Waals surface area contributed by atoms with Crippen LogP contribution in [0.4, 0.5) is 11.4 Å². The highest BCUT2D eigenvalue weighted by Crippen LogP contribution is 2.33. The van der Waals surface area contributed by atoms with Gasteiger partial charge in [0.15, 0.2) is 0 Å². The van der Waals surface area contributed by atoms with Crippen molar-refractivity contribution in [3.05, 3.63) is 58.6 Å². The quantitative estimate of drug-likeness (QED) is 0.916. The van der Waals surface area contributed by atoms with Crippen molar-refractivity contribution in [1.29, 1.82) is 0 Å². The van der Waals surface area contributed by atoms with E-state index < -0.39 is 6.04 Å². The first-order chi connectivity index (χ1) is 11.0. The third kappa shape index (κ3) is 2.94. The summed E-state index contributed by atoms with van der Waals surface area (Å²) in [6, 6.07) is 12.4. The number of anilines is 2. The van der Waals surface area contributed by atoms with E-state index in [2.05, 4.69) is 5.32 Å². The normalized spacial score (nSPS) is 16.1. The van der Waals surface area contributed by atoms with Crippen molar-refractivity contribution in [3.63, 3.8) is 0 Å². The van der Waals surface area contributed by atoms with Crippen LogP contribution in [-0.2, 0) is 16.0 Å². The molecule has 0 aliphatic carbocycles. The summed E-state index contributed by atoms with van der Waals surface area (Å²) in [6.45, 7) is 3.36. The molecule has 1 heterocycles. The van der Waals surface area contributed by atoms with Crippen LogP contribution in [0.5, 0.6) is 0 Å². The molecule has 5 heteroatoms. The van der Waals surface area contributed by atoms with Crippen LogP contribution in [0.1, 0.15) is 18.1 Å². The molecule has 23 heavy (non-hydrogen) atoms.